The van der Waals surface area contributed by atoms with Gasteiger partial charge in [-0.25, -0.2) is 0 Å². The molecule has 0 spiro atoms. The Labute approximate surface area is 98.6 Å². The molecule has 4 rings (SSSR count). The van der Waals surface area contributed by atoms with E-state index in [-0.39, 0.29) is 0 Å². The average molecular weight is 232 g/mol. The molecule has 0 radical (unpaired) electrons. The van der Waals surface area contributed by atoms with E-state index in [0.717, 1.165) is 10.5 Å². The van der Waals surface area contributed by atoms with Crippen molar-refractivity contribution >= 4 is 23.5 Å². The molecule has 2 unspecified atom stereocenters. The van der Waals surface area contributed by atoms with Gasteiger partial charge >= 0.3 is 0 Å². The van der Waals surface area contributed by atoms with Crippen molar-refractivity contribution in [1.82, 2.24) is 0 Å². The van der Waals surface area contributed by atoms with E-state index in [1.54, 1.807) is 22.3 Å². The Bertz CT molecular complexity index is 409. The lowest BCUT2D eigenvalue weighted by Gasteiger charge is -2.28. The Hall–Kier alpha value is -0.340. The molecule has 2 atom stereocenters. The minimum absolute atomic E-state index is 0.719. The van der Waals surface area contributed by atoms with Gasteiger partial charge in [-0.15, -0.1) is 23.5 Å². The Morgan fingerprint density at radius 3 is 1.93 bits per heavy atom. The molecule has 0 saturated heterocycles. The second-order valence-electron chi connectivity index (χ2n) is 4.44. The Kier molecular flexibility index (Phi) is 1.80. The fraction of sp³-hybridized carbons (Fsp3) is 0.385. The number of rotatable bonds is 0. The van der Waals surface area contributed by atoms with Crippen molar-refractivity contribution in [2.24, 2.45) is 0 Å². The quantitative estimate of drug-likeness (QED) is 0.618. The maximum atomic E-state index is 2.37. The monoisotopic (exact) mass is 232 g/mol. The summed E-state index contributed by atoms with van der Waals surface area (Å²) in [6.07, 6.45) is 8.74. The van der Waals surface area contributed by atoms with Gasteiger partial charge in [0.2, 0.25) is 0 Å². The summed E-state index contributed by atoms with van der Waals surface area (Å²) in [5.74, 6) is 0. The van der Waals surface area contributed by atoms with Crippen LogP contribution in [-0.2, 0) is 0 Å². The van der Waals surface area contributed by atoms with Gasteiger partial charge in [-0.2, -0.15) is 0 Å². The molecule has 0 aromatic carbocycles. The standard InChI is InChI=1S/C13H12S2/c1-2-8-9(3-1)11-5-7-15-13(11)12-10(8)4-6-14-12/h4-7,12-13H,1-3H2. The molecule has 0 nitrogen and oxygen atoms in total. The third kappa shape index (κ3) is 1.07. The van der Waals surface area contributed by atoms with E-state index in [1.807, 2.05) is 23.5 Å². The molecule has 1 saturated carbocycles. The zero-order valence-electron chi connectivity index (χ0n) is 8.40. The topological polar surface area (TPSA) is 0 Å². The third-order valence-corrected chi connectivity index (χ3v) is 6.15. The van der Waals surface area contributed by atoms with Crippen LogP contribution in [0.1, 0.15) is 19.3 Å². The van der Waals surface area contributed by atoms with Crippen LogP contribution < -0.4 is 0 Å². The predicted octanol–water partition coefficient (Wildman–Crippen LogP) is 4.04. The van der Waals surface area contributed by atoms with Crippen LogP contribution in [0.2, 0.25) is 0 Å². The predicted molar refractivity (Wildman–Crippen MR) is 68.9 cm³/mol. The van der Waals surface area contributed by atoms with E-state index >= 15 is 0 Å². The average Bonchev–Trinajstić information content (AvgIpc) is 2.97. The molecular formula is C13H12S2. The summed E-state index contributed by atoms with van der Waals surface area (Å²) in [4.78, 5) is 0. The summed E-state index contributed by atoms with van der Waals surface area (Å²) in [6.45, 7) is 0. The van der Waals surface area contributed by atoms with Gasteiger partial charge in [0.15, 0.2) is 0 Å². The molecule has 2 aliphatic heterocycles. The first-order valence-corrected chi connectivity index (χ1v) is 7.44. The molecule has 2 heteroatoms. The van der Waals surface area contributed by atoms with Gasteiger partial charge in [0.1, 0.15) is 0 Å². The second-order valence-corrected chi connectivity index (χ2v) is 6.54. The van der Waals surface area contributed by atoms with Crippen LogP contribution in [0.3, 0.4) is 0 Å². The molecule has 0 aromatic rings. The SMILES string of the molecule is C1=CC2=C3CCCC3=C3C=CSC3C2S1. The normalized spacial score (nSPS) is 36.3. The largest absolute Gasteiger partial charge is 0.124 e. The van der Waals surface area contributed by atoms with Gasteiger partial charge < -0.3 is 0 Å². The number of hydrogen-bond acceptors (Lipinski definition) is 2. The fourth-order valence-corrected chi connectivity index (χ4v) is 5.61. The fourth-order valence-electron chi connectivity index (χ4n) is 3.13. The van der Waals surface area contributed by atoms with Gasteiger partial charge in [-0.05, 0) is 52.4 Å². The molecule has 4 aliphatic rings. The number of thioether (sulfide) groups is 2. The van der Waals surface area contributed by atoms with Crippen LogP contribution >= 0.6 is 23.5 Å². The van der Waals surface area contributed by atoms with Gasteiger partial charge in [0, 0.05) is 0 Å². The van der Waals surface area contributed by atoms with Crippen molar-refractivity contribution in [2.75, 3.05) is 0 Å². The zero-order chi connectivity index (χ0) is 9.83. The highest BCUT2D eigenvalue weighted by Crippen LogP contribution is 2.53. The Morgan fingerprint density at radius 2 is 1.40 bits per heavy atom. The molecule has 15 heavy (non-hydrogen) atoms. The highest BCUT2D eigenvalue weighted by molar-refractivity contribution is 8.07. The van der Waals surface area contributed by atoms with Crippen LogP contribution in [0.25, 0.3) is 0 Å². The Morgan fingerprint density at radius 1 is 0.867 bits per heavy atom. The van der Waals surface area contributed by atoms with Crippen LogP contribution in [0, 0.1) is 0 Å². The van der Waals surface area contributed by atoms with Crippen molar-refractivity contribution in [3.63, 3.8) is 0 Å². The van der Waals surface area contributed by atoms with Gasteiger partial charge in [-0.3, -0.25) is 0 Å². The molecule has 0 amide bonds. The summed E-state index contributed by atoms with van der Waals surface area (Å²) in [6, 6.07) is 0. The van der Waals surface area contributed by atoms with E-state index in [2.05, 4.69) is 23.0 Å². The third-order valence-electron chi connectivity index (χ3n) is 3.75. The molecule has 1 fully saturated rings. The molecule has 0 aromatic heterocycles. The molecule has 76 valence electrons. The highest BCUT2D eigenvalue weighted by atomic mass is 32.2. The first-order valence-electron chi connectivity index (χ1n) is 5.55. The molecule has 2 heterocycles. The second kappa shape index (κ2) is 3.08. The number of hydrogen-bond donors (Lipinski definition) is 0. The lowest BCUT2D eigenvalue weighted by atomic mass is 9.86. The molecule has 0 N–H and O–H groups in total. The van der Waals surface area contributed by atoms with Crippen LogP contribution in [0.4, 0.5) is 0 Å². The van der Waals surface area contributed by atoms with E-state index in [9.17, 15) is 0 Å². The van der Waals surface area contributed by atoms with Crippen LogP contribution in [0.5, 0.6) is 0 Å². The minimum atomic E-state index is 0.719. The molecular weight excluding hydrogens is 220 g/mol. The number of allylic oxidation sites excluding steroid dienone is 4. The molecule has 0 bridgehead atoms. The zero-order valence-corrected chi connectivity index (χ0v) is 10.0. The van der Waals surface area contributed by atoms with Gasteiger partial charge in [-0.1, -0.05) is 12.2 Å². The highest BCUT2D eigenvalue weighted by Gasteiger charge is 2.40. The summed E-state index contributed by atoms with van der Waals surface area (Å²) in [5, 5.41) is 6.03. The summed E-state index contributed by atoms with van der Waals surface area (Å²) >= 11 is 4.04. The smallest absolute Gasteiger partial charge is 0.0504 e. The van der Waals surface area contributed by atoms with E-state index in [4.69, 9.17) is 0 Å². The Balaban J connectivity index is 1.97. The summed E-state index contributed by atoms with van der Waals surface area (Å²) in [5.41, 5.74) is 6.69. The lowest BCUT2D eigenvalue weighted by Crippen LogP contribution is -2.24. The van der Waals surface area contributed by atoms with Crippen LogP contribution in [0.15, 0.2) is 45.3 Å². The first-order chi connectivity index (χ1) is 7.45. The van der Waals surface area contributed by atoms with Gasteiger partial charge in [0.05, 0.1) is 10.5 Å². The van der Waals surface area contributed by atoms with Crippen molar-refractivity contribution in [2.45, 2.75) is 29.8 Å². The molecule has 2 aliphatic carbocycles. The maximum absolute atomic E-state index is 2.37. The van der Waals surface area contributed by atoms with Crippen molar-refractivity contribution in [3.8, 4) is 0 Å². The van der Waals surface area contributed by atoms with E-state index < -0.39 is 0 Å². The maximum Gasteiger partial charge on any atom is 0.0504 e. The van der Waals surface area contributed by atoms with Crippen LogP contribution in [-0.4, -0.2) is 10.5 Å². The lowest BCUT2D eigenvalue weighted by molar-refractivity contribution is 0.930. The minimum Gasteiger partial charge on any atom is -0.124 e. The van der Waals surface area contributed by atoms with Crippen molar-refractivity contribution in [3.05, 3.63) is 45.3 Å². The van der Waals surface area contributed by atoms with Crippen molar-refractivity contribution < 1.29 is 0 Å². The number of fused-ring (bicyclic) bond motifs is 4. The summed E-state index contributed by atoms with van der Waals surface area (Å²) < 4.78 is 0. The first kappa shape index (κ1) is 8.77. The van der Waals surface area contributed by atoms with E-state index in [1.165, 1.54) is 19.3 Å². The summed E-state index contributed by atoms with van der Waals surface area (Å²) in [7, 11) is 0. The van der Waals surface area contributed by atoms with Gasteiger partial charge in [0.25, 0.3) is 0 Å². The van der Waals surface area contributed by atoms with Crippen molar-refractivity contribution in [1.29, 1.82) is 0 Å². The van der Waals surface area contributed by atoms with E-state index in [0.29, 0.717) is 0 Å².